The summed E-state index contributed by atoms with van der Waals surface area (Å²) in [6, 6.07) is 15.9. The lowest BCUT2D eigenvalue weighted by molar-refractivity contribution is -0.121. The molecule has 2 aromatic carbocycles. The summed E-state index contributed by atoms with van der Waals surface area (Å²) in [6.07, 6.45) is 3.20. The topological polar surface area (TPSA) is 81.8 Å². The van der Waals surface area contributed by atoms with Crippen LogP contribution in [0.4, 0.5) is 0 Å². The molecule has 2 heterocycles. The maximum atomic E-state index is 12.8. The summed E-state index contributed by atoms with van der Waals surface area (Å²) in [6.45, 7) is 4.76. The van der Waals surface area contributed by atoms with Gasteiger partial charge in [0.15, 0.2) is 5.65 Å². The third kappa shape index (κ3) is 4.15. The van der Waals surface area contributed by atoms with Gasteiger partial charge in [-0.3, -0.25) is 14.2 Å². The number of hydrogen-bond acceptors (Lipinski definition) is 4. The molecule has 2 aromatic heterocycles. The van der Waals surface area contributed by atoms with Crippen LogP contribution in [0.15, 0.2) is 65.8 Å². The summed E-state index contributed by atoms with van der Waals surface area (Å²) in [7, 11) is 0. The molecule has 4 aromatic rings. The Morgan fingerprint density at radius 2 is 1.67 bits per heavy atom. The van der Waals surface area contributed by atoms with Crippen LogP contribution in [-0.2, 0) is 17.9 Å². The summed E-state index contributed by atoms with van der Waals surface area (Å²) in [5.41, 5.74) is 4.51. The van der Waals surface area contributed by atoms with Gasteiger partial charge < -0.3 is 5.32 Å². The standard InChI is InChI=1S/C23H23N5O2/c1-16-3-7-18(8-4-16)13-24-21(29)11-12-27-15-25-22-20(23(27)30)14-26-28(22)19-9-5-17(2)6-10-19/h3-10,14-15H,11-13H2,1-2H3,(H,24,29). The Kier molecular flexibility index (Phi) is 5.43. The van der Waals surface area contributed by atoms with Crippen molar-refractivity contribution in [3.8, 4) is 5.69 Å². The van der Waals surface area contributed by atoms with Crippen LogP contribution in [0.3, 0.4) is 0 Å². The number of carbonyl (C=O) groups excluding carboxylic acids is 1. The Bertz CT molecular complexity index is 1240. The van der Waals surface area contributed by atoms with Crippen LogP contribution in [0.5, 0.6) is 0 Å². The molecule has 0 radical (unpaired) electrons. The van der Waals surface area contributed by atoms with Gasteiger partial charge in [-0.15, -0.1) is 0 Å². The van der Waals surface area contributed by atoms with Crippen molar-refractivity contribution in [1.82, 2.24) is 24.6 Å². The van der Waals surface area contributed by atoms with Gasteiger partial charge in [-0.2, -0.15) is 5.10 Å². The predicted molar refractivity (Wildman–Crippen MR) is 116 cm³/mol. The minimum Gasteiger partial charge on any atom is -0.352 e. The molecule has 152 valence electrons. The molecule has 0 spiro atoms. The maximum absolute atomic E-state index is 12.8. The number of nitrogens with zero attached hydrogens (tertiary/aromatic N) is 4. The van der Waals surface area contributed by atoms with Crippen LogP contribution in [0.1, 0.15) is 23.1 Å². The maximum Gasteiger partial charge on any atom is 0.264 e. The number of fused-ring (bicyclic) bond motifs is 1. The van der Waals surface area contributed by atoms with E-state index in [1.807, 2.05) is 62.4 Å². The van der Waals surface area contributed by atoms with Gasteiger partial charge in [0.05, 0.1) is 18.2 Å². The zero-order valence-electron chi connectivity index (χ0n) is 17.0. The fraction of sp³-hybridized carbons (Fsp3) is 0.217. The lowest BCUT2D eigenvalue weighted by Gasteiger charge is -2.08. The number of benzene rings is 2. The van der Waals surface area contributed by atoms with Gasteiger partial charge in [0.2, 0.25) is 5.91 Å². The van der Waals surface area contributed by atoms with Crippen molar-refractivity contribution in [1.29, 1.82) is 0 Å². The molecule has 7 heteroatoms. The first-order chi connectivity index (χ1) is 14.5. The van der Waals surface area contributed by atoms with Crippen LogP contribution >= 0.6 is 0 Å². The number of carbonyl (C=O) groups is 1. The SMILES string of the molecule is Cc1ccc(CNC(=O)CCn2cnc3c(cnn3-c3ccc(C)cc3)c2=O)cc1. The van der Waals surface area contributed by atoms with Gasteiger partial charge in [-0.25, -0.2) is 9.67 Å². The number of amides is 1. The quantitative estimate of drug-likeness (QED) is 0.539. The second kappa shape index (κ2) is 8.32. The molecule has 0 saturated heterocycles. The number of rotatable bonds is 6. The van der Waals surface area contributed by atoms with Gasteiger partial charge in [-0.05, 0) is 31.5 Å². The van der Waals surface area contributed by atoms with Crippen molar-refractivity contribution >= 4 is 16.9 Å². The lowest BCUT2D eigenvalue weighted by Crippen LogP contribution is -2.27. The molecule has 7 nitrogen and oxygen atoms in total. The second-order valence-corrected chi connectivity index (χ2v) is 7.38. The zero-order valence-corrected chi connectivity index (χ0v) is 17.0. The minimum atomic E-state index is -0.204. The summed E-state index contributed by atoms with van der Waals surface area (Å²) in [5.74, 6) is -0.113. The molecule has 30 heavy (non-hydrogen) atoms. The number of aromatic nitrogens is 4. The number of aryl methyl sites for hydroxylation is 3. The molecule has 0 aliphatic carbocycles. The Morgan fingerprint density at radius 3 is 2.37 bits per heavy atom. The van der Waals surface area contributed by atoms with Crippen molar-refractivity contribution in [3.05, 3.63) is 88.1 Å². The first kappa shape index (κ1) is 19.6. The van der Waals surface area contributed by atoms with E-state index in [0.717, 1.165) is 16.8 Å². The average molecular weight is 401 g/mol. The largest absolute Gasteiger partial charge is 0.352 e. The van der Waals surface area contributed by atoms with E-state index in [9.17, 15) is 9.59 Å². The van der Waals surface area contributed by atoms with Crippen molar-refractivity contribution in [2.45, 2.75) is 33.4 Å². The summed E-state index contributed by atoms with van der Waals surface area (Å²) in [4.78, 5) is 29.4. The van der Waals surface area contributed by atoms with Gasteiger partial charge in [0.1, 0.15) is 5.39 Å². The molecule has 1 N–H and O–H groups in total. The number of nitrogens with one attached hydrogen (secondary N) is 1. The monoisotopic (exact) mass is 401 g/mol. The zero-order chi connectivity index (χ0) is 21.1. The van der Waals surface area contributed by atoms with Crippen LogP contribution in [0.2, 0.25) is 0 Å². The van der Waals surface area contributed by atoms with Gasteiger partial charge >= 0.3 is 0 Å². The van der Waals surface area contributed by atoms with Crippen LogP contribution in [0.25, 0.3) is 16.7 Å². The predicted octanol–water partition coefficient (Wildman–Crippen LogP) is 2.91. The highest BCUT2D eigenvalue weighted by Gasteiger charge is 2.12. The molecule has 0 aliphatic rings. The molecule has 0 fully saturated rings. The van der Waals surface area contributed by atoms with E-state index >= 15 is 0 Å². The Balaban J connectivity index is 1.44. The molecule has 0 atom stereocenters. The highest BCUT2D eigenvalue weighted by Crippen LogP contribution is 2.14. The van der Waals surface area contributed by atoms with Gasteiger partial charge in [0.25, 0.3) is 5.56 Å². The first-order valence-corrected chi connectivity index (χ1v) is 9.84. The Hall–Kier alpha value is -3.74. The summed E-state index contributed by atoms with van der Waals surface area (Å²) in [5, 5.41) is 7.64. The molecule has 0 aliphatic heterocycles. The van der Waals surface area contributed by atoms with Crippen molar-refractivity contribution in [2.75, 3.05) is 0 Å². The smallest absolute Gasteiger partial charge is 0.264 e. The van der Waals surface area contributed by atoms with E-state index < -0.39 is 0 Å². The van der Waals surface area contributed by atoms with Crippen LogP contribution in [-0.4, -0.2) is 25.2 Å². The fourth-order valence-electron chi connectivity index (χ4n) is 3.20. The third-order valence-electron chi connectivity index (χ3n) is 5.02. The first-order valence-electron chi connectivity index (χ1n) is 9.84. The average Bonchev–Trinajstić information content (AvgIpc) is 3.18. The van der Waals surface area contributed by atoms with Crippen LogP contribution < -0.4 is 10.9 Å². The van der Waals surface area contributed by atoms with E-state index in [2.05, 4.69) is 15.4 Å². The second-order valence-electron chi connectivity index (χ2n) is 7.38. The molecule has 0 bridgehead atoms. The Labute approximate surface area is 174 Å². The summed E-state index contributed by atoms with van der Waals surface area (Å²) >= 11 is 0. The molecule has 1 amide bonds. The molecular formula is C23H23N5O2. The minimum absolute atomic E-state index is 0.113. The van der Waals surface area contributed by atoms with E-state index in [4.69, 9.17) is 0 Å². The highest BCUT2D eigenvalue weighted by atomic mass is 16.1. The molecular weight excluding hydrogens is 378 g/mol. The third-order valence-corrected chi connectivity index (χ3v) is 5.02. The van der Waals surface area contributed by atoms with E-state index in [1.54, 1.807) is 4.68 Å². The number of hydrogen-bond donors (Lipinski definition) is 1. The van der Waals surface area contributed by atoms with Gasteiger partial charge in [0, 0.05) is 19.5 Å². The lowest BCUT2D eigenvalue weighted by atomic mass is 10.1. The molecule has 4 rings (SSSR count). The van der Waals surface area contributed by atoms with E-state index in [-0.39, 0.29) is 24.4 Å². The fourth-order valence-corrected chi connectivity index (χ4v) is 3.20. The van der Waals surface area contributed by atoms with E-state index in [0.29, 0.717) is 17.6 Å². The summed E-state index contributed by atoms with van der Waals surface area (Å²) < 4.78 is 3.10. The molecule has 0 saturated carbocycles. The normalized spacial score (nSPS) is 11.0. The van der Waals surface area contributed by atoms with Crippen molar-refractivity contribution < 1.29 is 4.79 Å². The van der Waals surface area contributed by atoms with E-state index in [1.165, 1.54) is 22.7 Å². The van der Waals surface area contributed by atoms with Gasteiger partial charge in [-0.1, -0.05) is 47.5 Å². The molecule has 0 unspecified atom stereocenters. The highest BCUT2D eigenvalue weighted by molar-refractivity contribution is 5.76. The Morgan fingerprint density at radius 1 is 1.00 bits per heavy atom. The van der Waals surface area contributed by atoms with Crippen molar-refractivity contribution in [3.63, 3.8) is 0 Å². The van der Waals surface area contributed by atoms with Crippen molar-refractivity contribution in [2.24, 2.45) is 0 Å². The van der Waals surface area contributed by atoms with Crippen LogP contribution in [0, 0.1) is 13.8 Å².